The zero-order valence-electron chi connectivity index (χ0n) is 9.59. The number of nitrogens with one attached hydrogen (secondary N) is 1. The highest BCUT2D eigenvalue weighted by atomic mass is 35.5. The van der Waals surface area contributed by atoms with Crippen LogP contribution >= 0.6 is 11.6 Å². The molecule has 0 saturated carbocycles. The highest BCUT2D eigenvalue weighted by molar-refractivity contribution is 7.84. The molecule has 5 N–H and O–H groups in total. The largest absolute Gasteiger partial charge is 0.397 e. The molecule has 0 aliphatic heterocycles. The number of nitrogens with two attached hydrogens (primary N) is 2. The van der Waals surface area contributed by atoms with E-state index in [1.807, 2.05) is 0 Å². The molecule has 4 nitrogen and oxygen atoms in total. The molecule has 0 amide bonds. The van der Waals surface area contributed by atoms with Gasteiger partial charge in [-0.05, 0) is 13.0 Å². The lowest BCUT2D eigenvalue weighted by atomic mass is 10.2. The van der Waals surface area contributed by atoms with Gasteiger partial charge >= 0.3 is 0 Å². The van der Waals surface area contributed by atoms with Crippen LogP contribution in [0.5, 0.6) is 0 Å². The quantitative estimate of drug-likeness (QED) is 0.735. The maximum Gasteiger partial charge on any atom is 0.169 e. The van der Waals surface area contributed by atoms with E-state index in [0.29, 0.717) is 6.54 Å². The number of benzene rings is 1. The van der Waals surface area contributed by atoms with E-state index >= 15 is 0 Å². The van der Waals surface area contributed by atoms with E-state index in [4.69, 9.17) is 23.1 Å². The number of rotatable bonds is 4. The van der Waals surface area contributed by atoms with Crippen LogP contribution < -0.4 is 16.8 Å². The minimum atomic E-state index is -0.990. The van der Waals surface area contributed by atoms with Crippen molar-refractivity contribution in [3.05, 3.63) is 16.9 Å². The highest BCUT2D eigenvalue weighted by Crippen LogP contribution is 2.33. The first kappa shape index (κ1) is 14.1. The first-order valence-corrected chi connectivity index (χ1v) is 6.93. The van der Waals surface area contributed by atoms with Gasteiger partial charge in [-0.2, -0.15) is 0 Å². The summed E-state index contributed by atoms with van der Waals surface area (Å²) < 4.78 is 24.9. The molecule has 0 saturated heterocycles. The molecule has 0 aromatic heterocycles. The van der Waals surface area contributed by atoms with Gasteiger partial charge in [-0.25, -0.2) is 4.39 Å². The van der Waals surface area contributed by atoms with Gasteiger partial charge in [0.15, 0.2) is 5.82 Å². The SMILES string of the molecule is CC(CNc1c(N)cc(N)c(Cl)c1F)S(C)=O. The van der Waals surface area contributed by atoms with Crippen LogP contribution in [-0.2, 0) is 10.8 Å². The average molecular weight is 280 g/mol. The van der Waals surface area contributed by atoms with Crippen molar-refractivity contribution in [3.63, 3.8) is 0 Å². The summed E-state index contributed by atoms with van der Waals surface area (Å²) in [6.07, 6.45) is 1.59. The van der Waals surface area contributed by atoms with Crippen LogP contribution in [0.1, 0.15) is 6.92 Å². The number of anilines is 3. The lowest BCUT2D eigenvalue weighted by Crippen LogP contribution is -2.21. The van der Waals surface area contributed by atoms with Gasteiger partial charge in [0.05, 0.1) is 17.1 Å². The average Bonchev–Trinajstić information content (AvgIpc) is 2.25. The number of nitrogen functional groups attached to an aromatic ring is 2. The maximum absolute atomic E-state index is 13.7. The first-order chi connectivity index (χ1) is 7.84. The highest BCUT2D eigenvalue weighted by Gasteiger charge is 2.15. The number of hydrogen-bond donors (Lipinski definition) is 3. The summed E-state index contributed by atoms with van der Waals surface area (Å²) in [5.74, 6) is -0.682. The predicted molar refractivity (Wildman–Crippen MR) is 72.3 cm³/mol. The third-order valence-electron chi connectivity index (χ3n) is 2.40. The Bertz CT molecular complexity index is 456. The van der Waals surface area contributed by atoms with Gasteiger partial charge in [-0.1, -0.05) is 11.6 Å². The molecule has 17 heavy (non-hydrogen) atoms. The standard InChI is InChI=1S/C10H15ClFN3OS/c1-5(17(2)16)4-15-10-7(14)3-6(13)8(11)9(10)12/h3,5,15H,4,13-14H2,1-2H3. The minimum Gasteiger partial charge on any atom is -0.397 e. The lowest BCUT2D eigenvalue weighted by Gasteiger charge is -2.15. The zero-order chi connectivity index (χ0) is 13.2. The Morgan fingerprint density at radius 3 is 2.65 bits per heavy atom. The van der Waals surface area contributed by atoms with Crippen molar-refractivity contribution in [3.8, 4) is 0 Å². The second-order valence-electron chi connectivity index (χ2n) is 3.75. The molecule has 1 aromatic carbocycles. The molecule has 1 rings (SSSR count). The smallest absolute Gasteiger partial charge is 0.169 e. The van der Waals surface area contributed by atoms with Crippen LogP contribution in [0.15, 0.2) is 6.07 Å². The Morgan fingerprint density at radius 2 is 2.12 bits per heavy atom. The molecule has 2 atom stereocenters. The Kier molecular flexibility index (Phi) is 4.59. The van der Waals surface area contributed by atoms with Gasteiger partial charge in [0.1, 0.15) is 5.02 Å². The van der Waals surface area contributed by atoms with Crippen molar-refractivity contribution in [1.82, 2.24) is 0 Å². The zero-order valence-corrected chi connectivity index (χ0v) is 11.2. The van der Waals surface area contributed by atoms with Crippen molar-refractivity contribution in [1.29, 1.82) is 0 Å². The summed E-state index contributed by atoms with van der Waals surface area (Å²) in [6, 6.07) is 1.39. The van der Waals surface area contributed by atoms with Gasteiger partial charge in [-0.3, -0.25) is 4.21 Å². The van der Waals surface area contributed by atoms with Crippen LogP contribution in [0, 0.1) is 5.82 Å². The van der Waals surface area contributed by atoms with Gasteiger partial charge in [-0.15, -0.1) is 0 Å². The van der Waals surface area contributed by atoms with Crippen molar-refractivity contribution >= 4 is 39.5 Å². The predicted octanol–water partition coefficient (Wildman–Crippen LogP) is 1.82. The fraction of sp³-hybridized carbons (Fsp3) is 0.400. The van der Waals surface area contributed by atoms with E-state index in [0.717, 1.165) is 0 Å². The number of halogens is 2. The Balaban J connectivity index is 2.92. The monoisotopic (exact) mass is 279 g/mol. The van der Waals surface area contributed by atoms with Crippen molar-refractivity contribution in [2.45, 2.75) is 12.2 Å². The summed E-state index contributed by atoms with van der Waals surface area (Å²) in [6.45, 7) is 2.13. The van der Waals surface area contributed by atoms with Crippen LogP contribution in [0.3, 0.4) is 0 Å². The van der Waals surface area contributed by atoms with Crippen LogP contribution in [0.2, 0.25) is 5.02 Å². The van der Waals surface area contributed by atoms with Crippen molar-refractivity contribution in [2.75, 3.05) is 29.6 Å². The fourth-order valence-corrected chi connectivity index (χ4v) is 1.68. The number of hydrogen-bond acceptors (Lipinski definition) is 4. The Morgan fingerprint density at radius 1 is 1.53 bits per heavy atom. The molecular weight excluding hydrogens is 265 g/mol. The fourth-order valence-electron chi connectivity index (χ4n) is 1.21. The molecule has 0 aliphatic carbocycles. The van der Waals surface area contributed by atoms with Crippen LogP contribution in [0.4, 0.5) is 21.5 Å². The topological polar surface area (TPSA) is 81.1 Å². The molecular formula is C10H15ClFN3OS. The molecule has 0 spiro atoms. The molecule has 7 heteroatoms. The molecule has 0 bridgehead atoms. The van der Waals surface area contributed by atoms with E-state index in [-0.39, 0.29) is 27.3 Å². The van der Waals surface area contributed by atoms with Gasteiger partial charge in [0, 0.05) is 28.9 Å². The minimum absolute atomic E-state index is 0.0966. The molecule has 0 heterocycles. The third-order valence-corrected chi connectivity index (χ3v) is 4.08. The second-order valence-corrected chi connectivity index (χ2v) is 5.93. The molecule has 96 valence electrons. The Labute approximate surface area is 107 Å². The summed E-state index contributed by atoms with van der Waals surface area (Å²) in [5, 5.41) is 2.52. The van der Waals surface area contributed by atoms with Gasteiger partial charge in [0.2, 0.25) is 0 Å². The second kappa shape index (κ2) is 5.55. The third kappa shape index (κ3) is 3.23. The lowest BCUT2D eigenvalue weighted by molar-refractivity contribution is 0.631. The van der Waals surface area contributed by atoms with Crippen molar-refractivity contribution < 1.29 is 8.60 Å². The summed E-state index contributed by atoms with van der Waals surface area (Å²) in [5.41, 5.74) is 11.5. The summed E-state index contributed by atoms with van der Waals surface area (Å²) in [4.78, 5) is 0. The van der Waals surface area contributed by atoms with Crippen LogP contribution in [-0.4, -0.2) is 22.3 Å². The van der Waals surface area contributed by atoms with E-state index in [1.165, 1.54) is 6.07 Å². The first-order valence-electron chi connectivity index (χ1n) is 4.93. The molecule has 2 unspecified atom stereocenters. The molecule has 0 fully saturated rings. The van der Waals surface area contributed by atoms with Crippen molar-refractivity contribution in [2.24, 2.45) is 0 Å². The van der Waals surface area contributed by atoms with Gasteiger partial charge in [0.25, 0.3) is 0 Å². The summed E-state index contributed by atoms with van der Waals surface area (Å²) >= 11 is 5.68. The van der Waals surface area contributed by atoms with E-state index in [9.17, 15) is 8.60 Å². The van der Waals surface area contributed by atoms with E-state index < -0.39 is 16.6 Å². The molecule has 0 aliphatic rings. The molecule has 0 radical (unpaired) electrons. The molecule has 1 aromatic rings. The van der Waals surface area contributed by atoms with Crippen LogP contribution in [0.25, 0.3) is 0 Å². The van der Waals surface area contributed by atoms with E-state index in [1.54, 1.807) is 13.2 Å². The summed E-state index contributed by atoms with van der Waals surface area (Å²) in [7, 11) is -0.990. The Hall–Kier alpha value is -1.01. The van der Waals surface area contributed by atoms with E-state index in [2.05, 4.69) is 5.32 Å². The maximum atomic E-state index is 13.7. The normalized spacial score (nSPS) is 14.4. The van der Waals surface area contributed by atoms with Gasteiger partial charge < -0.3 is 16.8 Å².